The first-order valence-corrected chi connectivity index (χ1v) is 12.8. The van der Waals surface area contributed by atoms with Crippen LogP contribution in [0.25, 0.3) is 10.4 Å². The van der Waals surface area contributed by atoms with Gasteiger partial charge in [0.25, 0.3) is 11.8 Å². The second-order valence-corrected chi connectivity index (χ2v) is 9.88. The minimum absolute atomic E-state index is 0.0588. The van der Waals surface area contributed by atoms with Crippen molar-refractivity contribution in [2.75, 3.05) is 44.2 Å². The molecule has 0 unspecified atom stereocenters. The first kappa shape index (κ1) is 24.3. The second kappa shape index (κ2) is 10.7. The lowest BCUT2D eigenvalue weighted by molar-refractivity contribution is 0.0750. The normalized spacial score (nSPS) is 17.9. The summed E-state index contributed by atoms with van der Waals surface area (Å²) in [5.74, 6) is -1.51. The number of halogens is 2. The van der Waals surface area contributed by atoms with E-state index in [2.05, 4.69) is 10.3 Å². The van der Waals surface area contributed by atoms with E-state index in [1.165, 1.54) is 17.4 Å². The van der Waals surface area contributed by atoms with Crippen molar-refractivity contribution in [1.82, 2.24) is 15.2 Å². The van der Waals surface area contributed by atoms with Crippen molar-refractivity contribution in [1.29, 1.82) is 0 Å². The van der Waals surface area contributed by atoms with E-state index >= 15 is 0 Å². The summed E-state index contributed by atoms with van der Waals surface area (Å²) in [6.07, 6.45) is 3.68. The lowest BCUT2D eigenvalue weighted by atomic mass is 10.2. The molecule has 1 atom stereocenters. The molecule has 2 saturated heterocycles. The van der Waals surface area contributed by atoms with Gasteiger partial charge in [0, 0.05) is 50.4 Å². The molecule has 3 aromatic rings. The average molecular weight is 513 g/mol. The van der Waals surface area contributed by atoms with Crippen LogP contribution >= 0.6 is 11.3 Å². The number of hydrogen-bond acceptors (Lipinski definition) is 6. The van der Waals surface area contributed by atoms with Gasteiger partial charge in [-0.05, 0) is 54.8 Å². The molecule has 1 aromatic carbocycles. The monoisotopic (exact) mass is 512 g/mol. The molecule has 0 radical (unpaired) electrons. The van der Waals surface area contributed by atoms with E-state index in [0.717, 1.165) is 31.6 Å². The number of thiophene rings is 1. The Kier molecular flexibility index (Phi) is 7.24. The van der Waals surface area contributed by atoms with Gasteiger partial charge in [-0.15, -0.1) is 11.3 Å². The van der Waals surface area contributed by atoms with Gasteiger partial charge in [0.15, 0.2) is 11.6 Å². The molecular weight excluding hydrogens is 486 g/mol. The molecule has 2 aliphatic rings. The van der Waals surface area contributed by atoms with E-state index in [1.54, 1.807) is 35.4 Å². The van der Waals surface area contributed by atoms with Gasteiger partial charge in [-0.2, -0.15) is 0 Å². The van der Waals surface area contributed by atoms with Crippen molar-refractivity contribution in [3.63, 3.8) is 0 Å². The maximum atomic E-state index is 13.6. The minimum Gasteiger partial charge on any atom is -0.376 e. The largest absolute Gasteiger partial charge is 0.376 e. The molecule has 0 saturated carbocycles. The zero-order valence-electron chi connectivity index (χ0n) is 19.6. The van der Waals surface area contributed by atoms with Gasteiger partial charge in [0.2, 0.25) is 0 Å². The van der Waals surface area contributed by atoms with E-state index in [0.29, 0.717) is 59.4 Å². The Bertz CT molecular complexity index is 1250. The van der Waals surface area contributed by atoms with Crippen LogP contribution in [0.2, 0.25) is 0 Å². The standard InChI is InChI=1S/C26H26F2N4O3S/c27-20-6-5-17(15-21(20)28)22-7-8-23(36-22)26(34)32-12-10-31(11-13-32)24-19(4-1-9-29-24)25(33)30-16-18-3-2-14-35-18/h1,4-9,15,18H,2-3,10-14,16H2,(H,30,33)/t18-/m1/s1. The summed E-state index contributed by atoms with van der Waals surface area (Å²) in [6, 6.07) is 10.7. The molecule has 2 aliphatic heterocycles. The maximum absolute atomic E-state index is 13.6. The second-order valence-electron chi connectivity index (χ2n) is 8.79. The van der Waals surface area contributed by atoms with Gasteiger partial charge in [0.1, 0.15) is 5.82 Å². The van der Waals surface area contributed by atoms with Crippen LogP contribution in [0, 0.1) is 11.6 Å². The number of aromatic nitrogens is 1. The Morgan fingerprint density at radius 1 is 1.08 bits per heavy atom. The van der Waals surface area contributed by atoms with Gasteiger partial charge in [-0.1, -0.05) is 6.07 Å². The Balaban J connectivity index is 1.21. The highest BCUT2D eigenvalue weighted by Gasteiger charge is 2.27. The summed E-state index contributed by atoms with van der Waals surface area (Å²) in [5, 5.41) is 2.95. The molecule has 2 fully saturated rings. The lowest BCUT2D eigenvalue weighted by Crippen LogP contribution is -2.49. The van der Waals surface area contributed by atoms with E-state index < -0.39 is 11.6 Å². The predicted octanol–water partition coefficient (Wildman–Crippen LogP) is 3.96. The van der Waals surface area contributed by atoms with Crippen LogP contribution in [0.4, 0.5) is 14.6 Å². The van der Waals surface area contributed by atoms with Crippen LogP contribution < -0.4 is 10.2 Å². The Hall–Kier alpha value is -3.37. The number of pyridine rings is 1. The third-order valence-corrected chi connectivity index (χ3v) is 7.56. The molecule has 0 spiro atoms. The molecule has 0 aliphatic carbocycles. The smallest absolute Gasteiger partial charge is 0.264 e. The maximum Gasteiger partial charge on any atom is 0.264 e. The summed E-state index contributed by atoms with van der Waals surface area (Å²) < 4.78 is 32.4. The summed E-state index contributed by atoms with van der Waals surface area (Å²) >= 11 is 1.25. The van der Waals surface area contributed by atoms with Crippen LogP contribution in [0.5, 0.6) is 0 Å². The molecular formula is C26H26F2N4O3S. The summed E-state index contributed by atoms with van der Waals surface area (Å²) in [7, 11) is 0. The molecule has 7 nitrogen and oxygen atoms in total. The predicted molar refractivity (Wildman–Crippen MR) is 133 cm³/mol. The van der Waals surface area contributed by atoms with E-state index in [9.17, 15) is 18.4 Å². The summed E-state index contributed by atoms with van der Waals surface area (Å²) in [6.45, 7) is 3.24. The summed E-state index contributed by atoms with van der Waals surface area (Å²) in [4.78, 5) is 35.4. The van der Waals surface area contributed by atoms with Gasteiger partial charge in [-0.25, -0.2) is 13.8 Å². The van der Waals surface area contributed by atoms with Crippen LogP contribution in [0.3, 0.4) is 0 Å². The Morgan fingerprint density at radius 3 is 2.67 bits per heavy atom. The quantitative estimate of drug-likeness (QED) is 0.541. The molecule has 5 rings (SSSR count). The number of anilines is 1. The SMILES string of the molecule is O=C(NC[C@H]1CCCO1)c1cccnc1N1CCN(C(=O)c2ccc(-c3ccc(F)c(F)c3)s2)CC1. The molecule has 188 valence electrons. The highest BCUT2D eigenvalue weighted by atomic mass is 32.1. The van der Waals surface area contributed by atoms with Gasteiger partial charge in [-0.3, -0.25) is 9.59 Å². The van der Waals surface area contributed by atoms with Crippen molar-refractivity contribution < 1.29 is 23.1 Å². The number of amides is 2. The van der Waals surface area contributed by atoms with Crippen molar-refractivity contribution >= 4 is 29.0 Å². The fourth-order valence-electron chi connectivity index (χ4n) is 4.47. The van der Waals surface area contributed by atoms with Gasteiger partial charge >= 0.3 is 0 Å². The number of hydrogen-bond donors (Lipinski definition) is 1. The lowest BCUT2D eigenvalue weighted by Gasteiger charge is -2.35. The van der Waals surface area contributed by atoms with Crippen molar-refractivity contribution in [3.05, 3.63) is 70.7 Å². The van der Waals surface area contributed by atoms with E-state index in [-0.39, 0.29) is 17.9 Å². The number of nitrogens with one attached hydrogen (secondary N) is 1. The van der Waals surface area contributed by atoms with Crippen LogP contribution in [0.15, 0.2) is 48.7 Å². The first-order chi connectivity index (χ1) is 17.5. The molecule has 4 heterocycles. The third-order valence-electron chi connectivity index (χ3n) is 6.43. The molecule has 0 bridgehead atoms. The number of carbonyl (C=O) groups is 2. The number of piperazine rings is 1. The Labute approximate surface area is 211 Å². The molecule has 36 heavy (non-hydrogen) atoms. The third kappa shape index (κ3) is 5.24. The van der Waals surface area contributed by atoms with Crippen LogP contribution in [-0.2, 0) is 4.74 Å². The minimum atomic E-state index is -0.917. The van der Waals surface area contributed by atoms with E-state index in [4.69, 9.17) is 4.74 Å². The molecule has 2 amide bonds. The zero-order chi connectivity index (χ0) is 25.1. The van der Waals surface area contributed by atoms with Gasteiger partial charge in [0.05, 0.1) is 16.5 Å². The van der Waals surface area contributed by atoms with Crippen molar-refractivity contribution in [3.8, 4) is 10.4 Å². The number of carbonyl (C=O) groups excluding carboxylic acids is 2. The van der Waals surface area contributed by atoms with Crippen LogP contribution in [-0.4, -0.2) is 67.1 Å². The van der Waals surface area contributed by atoms with Gasteiger partial charge < -0.3 is 19.9 Å². The van der Waals surface area contributed by atoms with Crippen molar-refractivity contribution in [2.24, 2.45) is 0 Å². The average Bonchev–Trinajstić information content (AvgIpc) is 3.61. The number of rotatable bonds is 6. The number of benzene rings is 1. The fourth-order valence-corrected chi connectivity index (χ4v) is 5.44. The first-order valence-electron chi connectivity index (χ1n) is 11.9. The van der Waals surface area contributed by atoms with Crippen molar-refractivity contribution in [2.45, 2.75) is 18.9 Å². The Morgan fingerprint density at radius 2 is 1.92 bits per heavy atom. The number of nitrogens with zero attached hydrogens (tertiary/aromatic N) is 3. The zero-order valence-corrected chi connectivity index (χ0v) is 20.4. The topological polar surface area (TPSA) is 74.8 Å². The molecule has 2 aromatic heterocycles. The fraction of sp³-hybridized carbons (Fsp3) is 0.346. The highest BCUT2D eigenvalue weighted by Crippen LogP contribution is 2.30. The number of ether oxygens (including phenoxy) is 1. The molecule has 1 N–H and O–H groups in total. The molecule has 10 heteroatoms. The van der Waals surface area contributed by atoms with E-state index in [1.807, 2.05) is 4.90 Å². The van der Waals surface area contributed by atoms with Crippen LogP contribution in [0.1, 0.15) is 32.9 Å². The summed E-state index contributed by atoms with van der Waals surface area (Å²) in [5.41, 5.74) is 1.04. The highest BCUT2D eigenvalue weighted by molar-refractivity contribution is 7.17.